The Morgan fingerprint density at radius 3 is 2.70 bits per heavy atom. The number of fused-ring (bicyclic) bond motifs is 1. The number of carbonyl (C=O) groups is 1. The number of nitrogens with zero attached hydrogens (tertiary/aromatic N) is 4. The monoisotopic (exact) mass is 318 g/mol. The summed E-state index contributed by atoms with van der Waals surface area (Å²) in [5.41, 5.74) is 0.907. The van der Waals surface area contributed by atoms with Crippen molar-refractivity contribution in [3.63, 3.8) is 0 Å². The molecule has 1 atom stereocenters. The zero-order valence-electron chi connectivity index (χ0n) is 14.8. The summed E-state index contributed by atoms with van der Waals surface area (Å²) in [4.78, 5) is 20.9. The van der Waals surface area contributed by atoms with Gasteiger partial charge in [-0.2, -0.15) is 0 Å². The molecule has 1 aromatic heterocycles. The zero-order chi connectivity index (χ0) is 16.4. The number of hydrogen-bond donors (Lipinski definition) is 0. The van der Waals surface area contributed by atoms with Crippen LogP contribution in [0.3, 0.4) is 0 Å². The summed E-state index contributed by atoms with van der Waals surface area (Å²) in [6.07, 6.45) is 9.48. The smallest absolute Gasteiger partial charge is 0.228 e. The van der Waals surface area contributed by atoms with E-state index in [2.05, 4.69) is 22.6 Å². The van der Waals surface area contributed by atoms with Crippen LogP contribution in [0.1, 0.15) is 56.6 Å². The van der Waals surface area contributed by atoms with Crippen LogP contribution < -0.4 is 0 Å². The molecule has 1 unspecified atom stereocenters. The number of likely N-dealkylation sites (N-methyl/N-ethyl adjacent to an activating group) is 1. The van der Waals surface area contributed by atoms with Gasteiger partial charge in [0.15, 0.2) is 0 Å². The van der Waals surface area contributed by atoms with Crippen molar-refractivity contribution in [1.82, 2.24) is 19.4 Å². The van der Waals surface area contributed by atoms with Crippen LogP contribution in [0.4, 0.5) is 0 Å². The van der Waals surface area contributed by atoms with Crippen molar-refractivity contribution >= 4 is 5.91 Å². The predicted molar refractivity (Wildman–Crippen MR) is 91.2 cm³/mol. The first-order chi connectivity index (χ1) is 11.0. The van der Waals surface area contributed by atoms with Gasteiger partial charge in [-0.3, -0.25) is 9.69 Å². The average molecular weight is 318 g/mol. The quantitative estimate of drug-likeness (QED) is 0.856. The van der Waals surface area contributed by atoms with E-state index in [1.54, 1.807) is 19.0 Å². The van der Waals surface area contributed by atoms with E-state index in [1.165, 1.54) is 38.6 Å². The van der Waals surface area contributed by atoms with Crippen molar-refractivity contribution < 1.29 is 4.79 Å². The van der Waals surface area contributed by atoms with Gasteiger partial charge in [0.05, 0.1) is 18.2 Å². The summed E-state index contributed by atoms with van der Waals surface area (Å²) in [5, 5.41) is 0. The molecule has 1 amide bonds. The van der Waals surface area contributed by atoms with E-state index in [4.69, 9.17) is 4.98 Å². The first kappa shape index (κ1) is 16.5. The summed E-state index contributed by atoms with van der Waals surface area (Å²) in [5.74, 6) is 2.11. The van der Waals surface area contributed by atoms with Crippen LogP contribution in [0.25, 0.3) is 0 Å². The minimum atomic E-state index is 0.118. The van der Waals surface area contributed by atoms with Gasteiger partial charge in [0.1, 0.15) is 5.82 Å². The third-order valence-corrected chi connectivity index (χ3v) is 5.46. The van der Waals surface area contributed by atoms with Crippen molar-refractivity contribution in [2.45, 2.75) is 58.0 Å². The van der Waals surface area contributed by atoms with Gasteiger partial charge in [-0.05, 0) is 25.7 Å². The summed E-state index contributed by atoms with van der Waals surface area (Å²) in [7, 11) is 3.60. The van der Waals surface area contributed by atoms with Crippen LogP contribution >= 0.6 is 0 Å². The van der Waals surface area contributed by atoms with E-state index < -0.39 is 0 Å². The van der Waals surface area contributed by atoms with E-state index in [1.807, 2.05) is 0 Å². The molecule has 1 aromatic rings. The molecule has 0 radical (unpaired) electrons. The maximum atomic E-state index is 11.9. The maximum Gasteiger partial charge on any atom is 0.228 e. The van der Waals surface area contributed by atoms with E-state index in [-0.39, 0.29) is 5.91 Å². The fourth-order valence-electron chi connectivity index (χ4n) is 3.94. The Bertz CT molecular complexity index is 545. The molecule has 5 heteroatoms. The molecule has 1 aliphatic heterocycles. The first-order valence-electron chi connectivity index (χ1n) is 9.04. The topological polar surface area (TPSA) is 41.4 Å². The van der Waals surface area contributed by atoms with E-state index in [0.29, 0.717) is 12.5 Å². The number of amides is 1. The number of hydrogen-bond acceptors (Lipinski definition) is 3. The molecule has 0 N–H and O–H groups in total. The van der Waals surface area contributed by atoms with Gasteiger partial charge in [0.25, 0.3) is 0 Å². The highest BCUT2D eigenvalue weighted by Crippen LogP contribution is 2.30. The van der Waals surface area contributed by atoms with Crippen molar-refractivity contribution in [2.24, 2.45) is 5.92 Å². The van der Waals surface area contributed by atoms with Crippen molar-refractivity contribution in [3.05, 3.63) is 17.7 Å². The Morgan fingerprint density at radius 1 is 1.26 bits per heavy atom. The molecule has 0 bridgehead atoms. The number of carbonyl (C=O) groups excluding carboxylic acids is 1. The predicted octanol–water partition coefficient (Wildman–Crippen LogP) is 2.47. The van der Waals surface area contributed by atoms with Gasteiger partial charge in [-0.1, -0.05) is 19.3 Å². The third kappa shape index (κ3) is 3.77. The van der Waals surface area contributed by atoms with E-state index >= 15 is 0 Å². The molecule has 5 nitrogen and oxygen atoms in total. The van der Waals surface area contributed by atoms with Crippen LogP contribution in [0.5, 0.6) is 0 Å². The molecule has 3 rings (SSSR count). The highest BCUT2D eigenvalue weighted by atomic mass is 16.2. The Morgan fingerprint density at radius 2 is 2.00 bits per heavy atom. The van der Waals surface area contributed by atoms with E-state index in [9.17, 15) is 4.79 Å². The van der Waals surface area contributed by atoms with Gasteiger partial charge in [-0.15, -0.1) is 0 Å². The molecule has 128 valence electrons. The molecule has 0 saturated heterocycles. The second kappa shape index (κ2) is 7.04. The standard InChI is InChI=1S/C18H30N4O/c1-14-18-19-16(11-17(23)20(2)3)13-22(18)10-9-21(14)12-15-7-5-4-6-8-15/h13-15H,4-12H2,1-3H3. The van der Waals surface area contributed by atoms with E-state index in [0.717, 1.165) is 30.5 Å². The molecule has 1 aliphatic carbocycles. The molecular weight excluding hydrogens is 288 g/mol. The van der Waals surface area contributed by atoms with Gasteiger partial charge < -0.3 is 9.47 Å². The Balaban J connectivity index is 1.65. The van der Waals surface area contributed by atoms with Crippen molar-refractivity contribution in [3.8, 4) is 0 Å². The maximum absolute atomic E-state index is 11.9. The number of aromatic nitrogens is 2. The van der Waals surface area contributed by atoms with Gasteiger partial charge in [0, 0.05) is 39.9 Å². The molecule has 23 heavy (non-hydrogen) atoms. The fourth-order valence-corrected chi connectivity index (χ4v) is 3.94. The lowest BCUT2D eigenvalue weighted by molar-refractivity contribution is -0.128. The number of rotatable bonds is 4. The van der Waals surface area contributed by atoms with Crippen LogP contribution in [0, 0.1) is 5.92 Å². The molecule has 1 fully saturated rings. The van der Waals surface area contributed by atoms with Crippen LogP contribution in [0.2, 0.25) is 0 Å². The van der Waals surface area contributed by atoms with Gasteiger partial charge >= 0.3 is 0 Å². The molecule has 2 aliphatic rings. The summed E-state index contributed by atoms with van der Waals surface area (Å²) >= 11 is 0. The summed E-state index contributed by atoms with van der Waals surface area (Å²) < 4.78 is 2.25. The first-order valence-corrected chi connectivity index (χ1v) is 9.04. The minimum absolute atomic E-state index is 0.118. The molecule has 2 heterocycles. The third-order valence-electron chi connectivity index (χ3n) is 5.46. The Kier molecular flexibility index (Phi) is 5.05. The summed E-state index contributed by atoms with van der Waals surface area (Å²) in [6, 6.07) is 0.355. The van der Waals surface area contributed by atoms with Crippen molar-refractivity contribution in [1.29, 1.82) is 0 Å². The lowest BCUT2D eigenvalue weighted by Gasteiger charge is -2.37. The lowest BCUT2D eigenvalue weighted by Crippen LogP contribution is -2.40. The van der Waals surface area contributed by atoms with Crippen molar-refractivity contribution in [2.75, 3.05) is 27.2 Å². The normalized spacial score (nSPS) is 22.8. The van der Waals surface area contributed by atoms with Crippen LogP contribution in [0.15, 0.2) is 6.20 Å². The second-order valence-corrected chi connectivity index (χ2v) is 7.42. The largest absolute Gasteiger partial charge is 0.348 e. The van der Waals surface area contributed by atoms with Crippen LogP contribution in [-0.2, 0) is 17.8 Å². The number of imidazole rings is 1. The van der Waals surface area contributed by atoms with Crippen LogP contribution in [-0.4, -0.2) is 52.4 Å². The lowest BCUT2D eigenvalue weighted by atomic mass is 9.88. The highest BCUT2D eigenvalue weighted by Gasteiger charge is 2.28. The fraction of sp³-hybridized carbons (Fsp3) is 0.778. The molecule has 1 saturated carbocycles. The molecular formula is C18H30N4O. The Hall–Kier alpha value is -1.36. The SMILES string of the molecule is CC1c2nc(CC(=O)N(C)C)cn2CCN1CC1CCCCC1. The molecule has 0 spiro atoms. The minimum Gasteiger partial charge on any atom is -0.348 e. The zero-order valence-corrected chi connectivity index (χ0v) is 14.8. The second-order valence-electron chi connectivity index (χ2n) is 7.42. The van der Waals surface area contributed by atoms with Gasteiger partial charge in [-0.25, -0.2) is 4.98 Å². The average Bonchev–Trinajstić information content (AvgIpc) is 2.94. The highest BCUT2D eigenvalue weighted by molar-refractivity contribution is 5.77. The molecule has 0 aromatic carbocycles. The van der Waals surface area contributed by atoms with Gasteiger partial charge in [0.2, 0.25) is 5.91 Å². The Labute approximate surface area is 139 Å². The summed E-state index contributed by atoms with van der Waals surface area (Å²) in [6.45, 7) is 5.57.